The van der Waals surface area contributed by atoms with E-state index >= 15 is 0 Å². The molecule has 3 heteroatoms. The fourth-order valence-corrected chi connectivity index (χ4v) is 1.26. The standard InChI is InChI=1S/C10H12N2O/c1-3-7-5-8(4-2)12-10(13)9(7)6-11/h5H,3-4H2,1-2H3,(H,12,13). The van der Waals surface area contributed by atoms with E-state index in [2.05, 4.69) is 4.98 Å². The minimum atomic E-state index is -0.265. The van der Waals surface area contributed by atoms with Crippen molar-refractivity contribution in [1.29, 1.82) is 5.26 Å². The monoisotopic (exact) mass is 176 g/mol. The second-order valence-corrected chi connectivity index (χ2v) is 2.84. The predicted molar refractivity (Wildman–Crippen MR) is 50.5 cm³/mol. The molecule has 0 atom stereocenters. The number of aryl methyl sites for hydroxylation is 2. The van der Waals surface area contributed by atoms with Crippen LogP contribution < -0.4 is 5.56 Å². The normalized spacial score (nSPS) is 9.62. The van der Waals surface area contributed by atoms with Crippen LogP contribution in [0.15, 0.2) is 10.9 Å². The summed E-state index contributed by atoms with van der Waals surface area (Å²) in [6.45, 7) is 3.91. The molecule has 0 aliphatic rings. The molecule has 0 saturated heterocycles. The van der Waals surface area contributed by atoms with Gasteiger partial charge in [-0.25, -0.2) is 0 Å². The van der Waals surface area contributed by atoms with Gasteiger partial charge in [0.15, 0.2) is 0 Å². The molecule has 0 fully saturated rings. The van der Waals surface area contributed by atoms with Crippen molar-refractivity contribution in [3.63, 3.8) is 0 Å². The summed E-state index contributed by atoms with van der Waals surface area (Å²) < 4.78 is 0. The third-order valence-corrected chi connectivity index (χ3v) is 2.04. The summed E-state index contributed by atoms with van der Waals surface area (Å²) in [5.41, 5.74) is 1.71. The van der Waals surface area contributed by atoms with E-state index in [0.717, 1.165) is 24.1 Å². The summed E-state index contributed by atoms with van der Waals surface area (Å²) in [4.78, 5) is 14.0. The molecular weight excluding hydrogens is 164 g/mol. The average molecular weight is 176 g/mol. The quantitative estimate of drug-likeness (QED) is 0.739. The topological polar surface area (TPSA) is 56.6 Å². The van der Waals surface area contributed by atoms with Gasteiger partial charge in [0, 0.05) is 5.69 Å². The maximum absolute atomic E-state index is 11.3. The molecule has 1 aromatic rings. The lowest BCUT2D eigenvalue weighted by Crippen LogP contribution is -2.15. The Morgan fingerprint density at radius 2 is 2.15 bits per heavy atom. The van der Waals surface area contributed by atoms with Gasteiger partial charge < -0.3 is 4.98 Å². The zero-order valence-electron chi connectivity index (χ0n) is 7.85. The summed E-state index contributed by atoms with van der Waals surface area (Å²) in [7, 11) is 0. The number of nitrogens with one attached hydrogen (secondary N) is 1. The first-order valence-electron chi connectivity index (χ1n) is 4.38. The van der Waals surface area contributed by atoms with Crippen LogP contribution in [-0.4, -0.2) is 4.98 Å². The maximum atomic E-state index is 11.3. The number of nitrogens with zero attached hydrogens (tertiary/aromatic N) is 1. The first-order chi connectivity index (χ1) is 6.22. The molecule has 1 heterocycles. The Kier molecular flexibility index (Phi) is 2.86. The smallest absolute Gasteiger partial charge is 0.266 e. The van der Waals surface area contributed by atoms with Gasteiger partial charge >= 0.3 is 0 Å². The van der Waals surface area contributed by atoms with Crippen LogP contribution in [0.3, 0.4) is 0 Å². The van der Waals surface area contributed by atoms with Gasteiger partial charge in [0.2, 0.25) is 0 Å². The molecule has 13 heavy (non-hydrogen) atoms. The van der Waals surface area contributed by atoms with Crippen molar-refractivity contribution in [3.8, 4) is 6.07 Å². The van der Waals surface area contributed by atoms with Crippen LogP contribution in [0.2, 0.25) is 0 Å². The van der Waals surface area contributed by atoms with Crippen LogP contribution in [0.1, 0.15) is 30.7 Å². The summed E-state index contributed by atoms with van der Waals surface area (Å²) in [5.74, 6) is 0. The van der Waals surface area contributed by atoms with Crippen molar-refractivity contribution in [2.45, 2.75) is 26.7 Å². The molecule has 0 bridgehead atoms. The molecule has 0 saturated carbocycles. The Labute approximate surface area is 77.0 Å². The van der Waals surface area contributed by atoms with Crippen LogP contribution in [-0.2, 0) is 12.8 Å². The molecule has 1 rings (SSSR count). The summed E-state index contributed by atoms with van der Waals surface area (Å²) in [5, 5.41) is 8.72. The minimum absolute atomic E-state index is 0.250. The van der Waals surface area contributed by atoms with Gasteiger partial charge in [0.1, 0.15) is 11.6 Å². The van der Waals surface area contributed by atoms with E-state index in [4.69, 9.17) is 5.26 Å². The Morgan fingerprint density at radius 1 is 1.46 bits per heavy atom. The lowest BCUT2D eigenvalue weighted by atomic mass is 10.1. The first kappa shape index (κ1) is 9.53. The fourth-order valence-electron chi connectivity index (χ4n) is 1.26. The Balaban J connectivity index is 3.40. The van der Waals surface area contributed by atoms with Gasteiger partial charge in [-0.3, -0.25) is 4.79 Å². The highest BCUT2D eigenvalue weighted by atomic mass is 16.1. The highest BCUT2D eigenvalue weighted by molar-refractivity contribution is 5.36. The maximum Gasteiger partial charge on any atom is 0.266 e. The van der Waals surface area contributed by atoms with Crippen LogP contribution >= 0.6 is 0 Å². The van der Waals surface area contributed by atoms with Crippen LogP contribution in [0.5, 0.6) is 0 Å². The molecule has 1 N–H and O–H groups in total. The number of H-pyrrole nitrogens is 1. The van der Waals surface area contributed by atoms with Crippen LogP contribution in [0, 0.1) is 11.3 Å². The van der Waals surface area contributed by atoms with Gasteiger partial charge in [-0.1, -0.05) is 13.8 Å². The largest absolute Gasteiger partial charge is 0.325 e. The zero-order valence-corrected chi connectivity index (χ0v) is 7.85. The van der Waals surface area contributed by atoms with E-state index in [9.17, 15) is 4.79 Å². The Bertz CT molecular complexity index is 398. The number of hydrogen-bond donors (Lipinski definition) is 1. The van der Waals surface area contributed by atoms with E-state index in [-0.39, 0.29) is 11.1 Å². The average Bonchev–Trinajstić information content (AvgIpc) is 2.16. The van der Waals surface area contributed by atoms with Gasteiger partial charge in [-0.15, -0.1) is 0 Å². The van der Waals surface area contributed by atoms with E-state index in [1.165, 1.54) is 0 Å². The van der Waals surface area contributed by atoms with E-state index in [1.54, 1.807) is 0 Å². The first-order valence-corrected chi connectivity index (χ1v) is 4.38. The van der Waals surface area contributed by atoms with E-state index in [1.807, 2.05) is 26.0 Å². The number of pyridine rings is 1. The van der Waals surface area contributed by atoms with Gasteiger partial charge in [0.25, 0.3) is 5.56 Å². The Morgan fingerprint density at radius 3 is 2.62 bits per heavy atom. The lowest BCUT2D eigenvalue weighted by molar-refractivity contribution is 0.974. The molecule has 0 aromatic carbocycles. The van der Waals surface area contributed by atoms with E-state index < -0.39 is 0 Å². The molecule has 1 aromatic heterocycles. The molecule has 0 aliphatic carbocycles. The lowest BCUT2D eigenvalue weighted by Gasteiger charge is -2.02. The minimum Gasteiger partial charge on any atom is -0.325 e. The number of hydrogen-bond acceptors (Lipinski definition) is 2. The predicted octanol–water partition coefficient (Wildman–Crippen LogP) is 1.37. The van der Waals surface area contributed by atoms with Crippen molar-refractivity contribution >= 4 is 0 Å². The summed E-state index contributed by atoms with van der Waals surface area (Å²) in [6, 6.07) is 3.81. The van der Waals surface area contributed by atoms with Crippen molar-refractivity contribution in [2.24, 2.45) is 0 Å². The van der Waals surface area contributed by atoms with Crippen molar-refractivity contribution in [2.75, 3.05) is 0 Å². The summed E-state index contributed by atoms with van der Waals surface area (Å²) in [6.07, 6.45) is 1.51. The van der Waals surface area contributed by atoms with Gasteiger partial charge in [-0.05, 0) is 24.5 Å². The van der Waals surface area contributed by atoms with E-state index in [0.29, 0.717) is 0 Å². The van der Waals surface area contributed by atoms with Crippen molar-refractivity contribution in [1.82, 2.24) is 4.98 Å². The third kappa shape index (κ3) is 1.78. The molecular formula is C10H12N2O. The highest BCUT2D eigenvalue weighted by Crippen LogP contribution is 2.05. The zero-order chi connectivity index (χ0) is 9.84. The fraction of sp³-hybridized carbons (Fsp3) is 0.400. The molecule has 0 unspecified atom stereocenters. The summed E-state index contributed by atoms with van der Waals surface area (Å²) >= 11 is 0. The number of nitriles is 1. The Hall–Kier alpha value is -1.56. The third-order valence-electron chi connectivity index (χ3n) is 2.04. The molecule has 68 valence electrons. The number of aromatic nitrogens is 1. The SMILES string of the molecule is CCc1cc(CC)c(C#N)c(=O)[nH]1. The molecule has 0 radical (unpaired) electrons. The number of aromatic amines is 1. The van der Waals surface area contributed by atoms with Crippen molar-refractivity contribution in [3.05, 3.63) is 33.2 Å². The highest BCUT2D eigenvalue weighted by Gasteiger charge is 2.05. The molecule has 0 aliphatic heterocycles. The molecule has 0 amide bonds. The second-order valence-electron chi connectivity index (χ2n) is 2.84. The van der Waals surface area contributed by atoms with Crippen LogP contribution in [0.25, 0.3) is 0 Å². The van der Waals surface area contributed by atoms with Gasteiger partial charge in [0.05, 0.1) is 0 Å². The van der Waals surface area contributed by atoms with Crippen molar-refractivity contribution < 1.29 is 0 Å². The molecule has 3 nitrogen and oxygen atoms in total. The second kappa shape index (κ2) is 3.90. The van der Waals surface area contributed by atoms with Crippen LogP contribution in [0.4, 0.5) is 0 Å². The van der Waals surface area contributed by atoms with Gasteiger partial charge in [-0.2, -0.15) is 5.26 Å². The molecule has 0 spiro atoms. The number of rotatable bonds is 2.